The lowest BCUT2D eigenvalue weighted by molar-refractivity contribution is 0.563. The van der Waals surface area contributed by atoms with Crippen LogP contribution in [0.5, 0.6) is 0 Å². The third-order valence-corrected chi connectivity index (χ3v) is 1.46. The predicted octanol–water partition coefficient (Wildman–Crippen LogP) is 3.37. The summed E-state index contributed by atoms with van der Waals surface area (Å²) in [4.78, 5) is 0. The maximum atomic E-state index is 4.89. The van der Waals surface area contributed by atoms with Gasteiger partial charge in [0.05, 0.1) is 0 Å². The van der Waals surface area contributed by atoms with Crippen molar-refractivity contribution in [3.05, 3.63) is 67.5 Å². The van der Waals surface area contributed by atoms with Gasteiger partial charge in [0.25, 0.3) is 0 Å². The van der Waals surface area contributed by atoms with E-state index in [0.29, 0.717) is 0 Å². The Morgan fingerprint density at radius 3 is 1.92 bits per heavy atom. The Morgan fingerprint density at radius 2 is 1.54 bits per heavy atom. The molecule has 1 heterocycles. The lowest BCUT2D eigenvalue weighted by atomic mass is 10.2. The lowest BCUT2D eigenvalue weighted by Gasteiger charge is -1.86. The number of ether oxygens (including phenoxy) is 1. The van der Waals surface area contributed by atoms with Gasteiger partial charge < -0.3 is 4.74 Å². The van der Waals surface area contributed by atoms with Gasteiger partial charge in [-0.1, -0.05) is 55.6 Å². The average molecular weight is 172 g/mol. The van der Waals surface area contributed by atoms with Gasteiger partial charge in [-0.05, 0) is 0 Å². The highest BCUT2D eigenvalue weighted by atomic mass is 16.5. The van der Waals surface area contributed by atoms with E-state index in [1.165, 1.54) is 0 Å². The van der Waals surface area contributed by atoms with Gasteiger partial charge in [0.1, 0.15) is 6.26 Å². The number of hydrogen-bond acceptors (Lipinski definition) is 1. The van der Waals surface area contributed by atoms with E-state index in [1.54, 1.807) is 18.4 Å². The van der Waals surface area contributed by atoms with Crippen molar-refractivity contribution >= 4 is 5.76 Å². The fourth-order valence-corrected chi connectivity index (χ4v) is 0.768. The van der Waals surface area contributed by atoms with Crippen molar-refractivity contribution in [3.63, 3.8) is 0 Å². The van der Waals surface area contributed by atoms with Crippen LogP contribution in [-0.4, -0.2) is 0 Å². The molecule has 1 aromatic rings. The number of allylic oxidation sites excluding steroid dienone is 2. The summed E-state index contributed by atoms with van der Waals surface area (Å²) in [6.45, 7) is 6.72. The molecule has 0 fully saturated rings. The summed E-state index contributed by atoms with van der Waals surface area (Å²) in [5, 5.41) is 0. The maximum absolute atomic E-state index is 4.89. The molecule has 0 amide bonds. The predicted molar refractivity (Wildman–Crippen MR) is 55.9 cm³/mol. The van der Waals surface area contributed by atoms with Gasteiger partial charge in [0, 0.05) is 5.56 Å². The van der Waals surface area contributed by atoms with Crippen LogP contribution in [0.3, 0.4) is 0 Å². The van der Waals surface area contributed by atoms with Gasteiger partial charge in [0.15, 0.2) is 5.76 Å². The first-order valence-corrected chi connectivity index (χ1v) is 4.04. The molecule has 0 bridgehead atoms. The second kappa shape index (κ2) is 4.99. The lowest BCUT2D eigenvalue weighted by Crippen LogP contribution is -1.68. The average Bonchev–Trinajstić information content (AvgIpc) is 3.03. The molecule has 66 valence electrons. The van der Waals surface area contributed by atoms with E-state index in [1.807, 2.05) is 30.3 Å². The third kappa shape index (κ3) is 3.43. The molecule has 2 rings (SSSR count). The van der Waals surface area contributed by atoms with Gasteiger partial charge in [-0.2, -0.15) is 0 Å². The van der Waals surface area contributed by atoms with Crippen molar-refractivity contribution in [2.75, 3.05) is 0 Å². The first-order chi connectivity index (χ1) is 6.38. The first kappa shape index (κ1) is 9.33. The SMILES string of the molecule is C1=C(c2ccccc2)O1.C=CC=C. The van der Waals surface area contributed by atoms with Crippen molar-refractivity contribution in [1.82, 2.24) is 0 Å². The molecule has 0 spiro atoms. The molecule has 1 aromatic carbocycles. The molecule has 1 nitrogen and oxygen atoms in total. The zero-order chi connectivity index (χ0) is 9.52. The fraction of sp³-hybridized carbons (Fsp3) is 0. The topological polar surface area (TPSA) is 12.5 Å². The molecule has 0 aliphatic carbocycles. The third-order valence-electron chi connectivity index (χ3n) is 1.46. The van der Waals surface area contributed by atoms with E-state index in [0.717, 1.165) is 11.3 Å². The Morgan fingerprint density at radius 1 is 1.00 bits per heavy atom. The van der Waals surface area contributed by atoms with Gasteiger partial charge in [-0.25, -0.2) is 0 Å². The minimum atomic E-state index is 0.996. The maximum Gasteiger partial charge on any atom is 0.168 e. The second-order valence-corrected chi connectivity index (χ2v) is 2.44. The molecule has 1 aliphatic heterocycles. The molecule has 0 aromatic heterocycles. The molecular weight excluding hydrogens is 160 g/mol. The Labute approximate surface area is 78.7 Å². The molecule has 0 radical (unpaired) electrons. The molecule has 13 heavy (non-hydrogen) atoms. The standard InChI is InChI=1S/C8H6O.C4H6/c1-2-4-7(5-3-1)8-6-9-8;1-3-4-2/h1-6H;3-4H,1-2H2. The van der Waals surface area contributed by atoms with Gasteiger partial charge in [-0.15, -0.1) is 0 Å². The summed E-state index contributed by atoms with van der Waals surface area (Å²) in [5.41, 5.74) is 1.16. The van der Waals surface area contributed by atoms with E-state index in [4.69, 9.17) is 4.74 Å². The van der Waals surface area contributed by atoms with Crippen LogP contribution >= 0.6 is 0 Å². The first-order valence-electron chi connectivity index (χ1n) is 4.04. The fourth-order valence-electron chi connectivity index (χ4n) is 0.768. The summed E-state index contributed by atoms with van der Waals surface area (Å²) < 4.78 is 4.89. The summed E-state index contributed by atoms with van der Waals surface area (Å²) in [5.74, 6) is 0.996. The van der Waals surface area contributed by atoms with E-state index in [9.17, 15) is 0 Å². The Kier molecular flexibility index (Phi) is 3.58. The molecule has 0 saturated heterocycles. The number of benzene rings is 1. The van der Waals surface area contributed by atoms with E-state index in [-0.39, 0.29) is 0 Å². The van der Waals surface area contributed by atoms with E-state index >= 15 is 0 Å². The number of hydrogen-bond donors (Lipinski definition) is 0. The zero-order valence-corrected chi connectivity index (χ0v) is 7.44. The van der Waals surface area contributed by atoms with Crippen LogP contribution in [0.4, 0.5) is 0 Å². The summed E-state index contributed by atoms with van der Waals surface area (Å²) in [7, 11) is 0. The van der Waals surface area contributed by atoms with E-state index in [2.05, 4.69) is 13.2 Å². The highest BCUT2D eigenvalue weighted by Gasteiger charge is 2.10. The second-order valence-electron chi connectivity index (χ2n) is 2.44. The van der Waals surface area contributed by atoms with Gasteiger partial charge in [0.2, 0.25) is 0 Å². The number of rotatable bonds is 2. The van der Waals surface area contributed by atoms with Crippen molar-refractivity contribution < 1.29 is 4.74 Å². The Bertz CT molecular complexity index is 303. The zero-order valence-electron chi connectivity index (χ0n) is 7.44. The molecule has 0 saturated carbocycles. The summed E-state index contributed by atoms with van der Waals surface area (Å²) in [6.07, 6.45) is 5.02. The van der Waals surface area contributed by atoms with Crippen LogP contribution in [0.25, 0.3) is 5.76 Å². The highest BCUT2D eigenvalue weighted by Crippen LogP contribution is 2.25. The van der Waals surface area contributed by atoms with Crippen LogP contribution in [0.15, 0.2) is 61.9 Å². The Balaban J connectivity index is 0.000000184. The van der Waals surface area contributed by atoms with Crippen molar-refractivity contribution in [3.8, 4) is 0 Å². The van der Waals surface area contributed by atoms with Crippen LogP contribution in [-0.2, 0) is 4.74 Å². The molecule has 1 aliphatic rings. The van der Waals surface area contributed by atoms with E-state index < -0.39 is 0 Å². The van der Waals surface area contributed by atoms with Gasteiger partial charge >= 0.3 is 0 Å². The normalized spacial score (nSPS) is 11.2. The minimum absolute atomic E-state index is 0.996. The molecular formula is C12H12O. The molecule has 0 N–H and O–H groups in total. The van der Waals surface area contributed by atoms with Crippen LogP contribution in [0.1, 0.15) is 5.56 Å². The Hall–Kier alpha value is -1.76. The molecule has 0 unspecified atom stereocenters. The molecule has 0 atom stereocenters. The highest BCUT2D eigenvalue weighted by molar-refractivity contribution is 5.66. The largest absolute Gasteiger partial charge is 0.457 e. The van der Waals surface area contributed by atoms with Crippen LogP contribution < -0.4 is 0 Å². The molecule has 1 heteroatoms. The van der Waals surface area contributed by atoms with Crippen LogP contribution in [0, 0.1) is 0 Å². The van der Waals surface area contributed by atoms with Crippen molar-refractivity contribution in [2.24, 2.45) is 0 Å². The summed E-state index contributed by atoms with van der Waals surface area (Å²) >= 11 is 0. The summed E-state index contributed by atoms with van der Waals surface area (Å²) in [6, 6.07) is 10.0. The van der Waals surface area contributed by atoms with Crippen LogP contribution in [0.2, 0.25) is 0 Å². The quantitative estimate of drug-likeness (QED) is 0.623. The minimum Gasteiger partial charge on any atom is -0.457 e. The van der Waals surface area contributed by atoms with Crippen molar-refractivity contribution in [2.45, 2.75) is 0 Å². The smallest absolute Gasteiger partial charge is 0.168 e. The van der Waals surface area contributed by atoms with Crippen molar-refractivity contribution in [1.29, 1.82) is 0 Å². The van der Waals surface area contributed by atoms with Gasteiger partial charge in [-0.3, -0.25) is 0 Å². The monoisotopic (exact) mass is 172 g/mol.